The second-order valence-corrected chi connectivity index (χ2v) is 5.18. The monoisotopic (exact) mass is 301 g/mol. The van der Waals surface area contributed by atoms with E-state index in [2.05, 4.69) is 15.1 Å². The number of hydrogen-bond acceptors (Lipinski definition) is 5. The van der Waals surface area contributed by atoms with Crippen molar-refractivity contribution in [2.45, 2.75) is 13.0 Å². The lowest BCUT2D eigenvalue weighted by atomic mass is 10.1. The highest BCUT2D eigenvalue weighted by atomic mass is 19.1. The zero-order valence-corrected chi connectivity index (χ0v) is 12.3. The van der Waals surface area contributed by atoms with E-state index >= 15 is 0 Å². The molecule has 0 radical (unpaired) electrons. The zero-order chi connectivity index (χ0) is 15.7. The Bertz CT molecular complexity index is 786. The van der Waals surface area contributed by atoms with Gasteiger partial charge in [0.05, 0.1) is 6.10 Å². The molecular weight excluding hydrogens is 285 g/mol. The summed E-state index contributed by atoms with van der Waals surface area (Å²) < 4.78 is 14.6. The van der Waals surface area contributed by atoms with Crippen molar-refractivity contribution < 1.29 is 9.50 Å². The Labute approximate surface area is 126 Å². The first-order chi connectivity index (χ1) is 10.5. The smallest absolute Gasteiger partial charge is 0.254 e. The molecule has 1 N–H and O–H groups in total. The van der Waals surface area contributed by atoms with Crippen LogP contribution < -0.4 is 4.90 Å². The lowest BCUT2D eigenvalue weighted by Gasteiger charge is -2.23. The second-order valence-electron chi connectivity index (χ2n) is 5.18. The molecule has 22 heavy (non-hydrogen) atoms. The Hall–Kier alpha value is -2.54. The highest BCUT2D eigenvalue weighted by Gasteiger charge is 2.15. The van der Waals surface area contributed by atoms with E-state index in [0.717, 1.165) is 11.5 Å². The molecule has 3 aromatic rings. The fourth-order valence-electron chi connectivity index (χ4n) is 2.33. The van der Waals surface area contributed by atoms with Gasteiger partial charge in [-0.15, -0.1) is 0 Å². The van der Waals surface area contributed by atoms with Gasteiger partial charge in [-0.3, -0.25) is 0 Å². The summed E-state index contributed by atoms with van der Waals surface area (Å²) in [6.45, 7) is 2.21. The van der Waals surface area contributed by atoms with Crippen molar-refractivity contribution in [1.29, 1.82) is 0 Å². The van der Waals surface area contributed by atoms with E-state index in [0.29, 0.717) is 17.9 Å². The molecular formula is C15H16FN5O. The maximum Gasteiger partial charge on any atom is 0.254 e. The van der Waals surface area contributed by atoms with Gasteiger partial charge in [-0.25, -0.2) is 9.37 Å². The maximum atomic E-state index is 12.9. The van der Waals surface area contributed by atoms with Gasteiger partial charge in [-0.1, -0.05) is 12.1 Å². The quantitative estimate of drug-likeness (QED) is 0.795. The third-order valence-electron chi connectivity index (χ3n) is 3.45. The molecule has 3 rings (SSSR count). The van der Waals surface area contributed by atoms with Crippen LogP contribution in [0.25, 0.3) is 5.78 Å². The third kappa shape index (κ3) is 2.75. The molecule has 1 aromatic carbocycles. The van der Waals surface area contributed by atoms with Crippen LogP contribution in [0.1, 0.15) is 17.4 Å². The van der Waals surface area contributed by atoms with Crippen LogP contribution in [0, 0.1) is 12.7 Å². The van der Waals surface area contributed by atoms with Gasteiger partial charge < -0.3 is 10.0 Å². The van der Waals surface area contributed by atoms with Gasteiger partial charge in [0.2, 0.25) is 0 Å². The number of aliphatic hydroxyl groups excluding tert-OH is 1. The molecule has 0 bridgehead atoms. The first-order valence-corrected chi connectivity index (χ1v) is 6.86. The average Bonchev–Trinajstić information content (AvgIpc) is 2.94. The Morgan fingerprint density at radius 3 is 2.77 bits per heavy atom. The largest absolute Gasteiger partial charge is 0.387 e. The average molecular weight is 301 g/mol. The van der Waals surface area contributed by atoms with Gasteiger partial charge in [0.1, 0.15) is 18.0 Å². The fourth-order valence-corrected chi connectivity index (χ4v) is 2.33. The SMILES string of the molecule is Cc1cc(N(C)C[C@H](O)c2ccc(F)cc2)n2ncnc2n1. The molecule has 0 aliphatic heterocycles. The Kier molecular flexibility index (Phi) is 3.72. The number of rotatable bonds is 4. The number of aromatic nitrogens is 4. The molecule has 0 amide bonds. The first-order valence-electron chi connectivity index (χ1n) is 6.86. The van der Waals surface area contributed by atoms with Gasteiger partial charge >= 0.3 is 0 Å². The number of fused-ring (bicyclic) bond motifs is 1. The van der Waals surface area contributed by atoms with Crippen LogP contribution in [-0.2, 0) is 0 Å². The molecule has 7 heteroatoms. The predicted octanol–water partition coefficient (Wildman–Crippen LogP) is 1.74. The summed E-state index contributed by atoms with van der Waals surface area (Å²) in [5, 5.41) is 14.5. The molecule has 0 saturated heterocycles. The lowest BCUT2D eigenvalue weighted by molar-refractivity contribution is 0.184. The fraction of sp³-hybridized carbons (Fsp3) is 0.267. The maximum absolute atomic E-state index is 12.9. The van der Waals surface area contributed by atoms with E-state index in [9.17, 15) is 9.50 Å². The van der Waals surface area contributed by atoms with Crippen LogP contribution >= 0.6 is 0 Å². The minimum atomic E-state index is -0.738. The summed E-state index contributed by atoms with van der Waals surface area (Å²) >= 11 is 0. The summed E-state index contributed by atoms with van der Waals surface area (Å²) in [6.07, 6.45) is 0.702. The highest BCUT2D eigenvalue weighted by molar-refractivity contribution is 5.46. The molecule has 6 nitrogen and oxygen atoms in total. The van der Waals surface area contributed by atoms with Gasteiger partial charge in [-0.2, -0.15) is 14.6 Å². The molecule has 2 aromatic heterocycles. The van der Waals surface area contributed by atoms with Gasteiger partial charge in [0, 0.05) is 25.4 Å². The van der Waals surface area contributed by atoms with Gasteiger partial charge in [0.15, 0.2) is 0 Å². The van der Waals surface area contributed by atoms with Crippen molar-refractivity contribution in [3.05, 3.63) is 53.7 Å². The van der Waals surface area contributed by atoms with E-state index in [-0.39, 0.29) is 5.82 Å². The topological polar surface area (TPSA) is 66.5 Å². The molecule has 0 aliphatic rings. The van der Waals surface area contributed by atoms with Crippen LogP contribution in [0.4, 0.5) is 10.2 Å². The Morgan fingerprint density at radius 2 is 2.05 bits per heavy atom. The van der Waals surface area contributed by atoms with Crippen molar-refractivity contribution in [3.8, 4) is 0 Å². The summed E-state index contributed by atoms with van der Waals surface area (Å²) in [7, 11) is 1.85. The number of nitrogens with zero attached hydrogens (tertiary/aromatic N) is 5. The van der Waals surface area contributed by atoms with Gasteiger partial charge in [0.25, 0.3) is 5.78 Å². The molecule has 0 unspecified atom stereocenters. The lowest BCUT2D eigenvalue weighted by Crippen LogP contribution is -2.26. The molecule has 0 aliphatic carbocycles. The minimum absolute atomic E-state index is 0.321. The number of aliphatic hydroxyl groups is 1. The summed E-state index contributed by atoms with van der Waals surface area (Å²) in [4.78, 5) is 10.2. The molecule has 0 fully saturated rings. The standard InChI is InChI=1S/C15H16FN5O/c1-10-7-14(21-15(19-10)17-9-18-21)20(2)8-13(22)11-3-5-12(16)6-4-11/h3-7,9,13,22H,8H2,1-2H3/t13-/m0/s1. The molecule has 2 heterocycles. The van der Waals surface area contributed by atoms with Crippen LogP contribution in [0.5, 0.6) is 0 Å². The minimum Gasteiger partial charge on any atom is -0.387 e. The van der Waals surface area contributed by atoms with Crippen LogP contribution in [0.3, 0.4) is 0 Å². The van der Waals surface area contributed by atoms with E-state index in [1.807, 2.05) is 24.9 Å². The van der Waals surface area contributed by atoms with Crippen molar-refractivity contribution in [1.82, 2.24) is 19.6 Å². The normalized spacial score (nSPS) is 12.5. The van der Waals surface area contributed by atoms with E-state index in [1.54, 1.807) is 16.6 Å². The molecule has 0 spiro atoms. The van der Waals surface area contributed by atoms with Crippen molar-refractivity contribution in [2.24, 2.45) is 0 Å². The van der Waals surface area contributed by atoms with Crippen LogP contribution in [-0.4, -0.2) is 38.3 Å². The van der Waals surface area contributed by atoms with Crippen molar-refractivity contribution >= 4 is 11.6 Å². The van der Waals surface area contributed by atoms with Crippen LogP contribution in [0.2, 0.25) is 0 Å². The van der Waals surface area contributed by atoms with Crippen LogP contribution in [0.15, 0.2) is 36.7 Å². The molecule has 0 saturated carbocycles. The molecule has 114 valence electrons. The predicted molar refractivity (Wildman–Crippen MR) is 80.1 cm³/mol. The summed E-state index contributed by atoms with van der Waals surface area (Å²) in [6, 6.07) is 7.71. The van der Waals surface area contributed by atoms with E-state index in [4.69, 9.17) is 0 Å². The third-order valence-corrected chi connectivity index (χ3v) is 3.45. The van der Waals surface area contributed by atoms with E-state index < -0.39 is 6.10 Å². The zero-order valence-electron chi connectivity index (χ0n) is 12.3. The van der Waals surface area contributed by atoms with Gasteiger partial charge in [-0.05, 0) is 24.6 Å². The van der Waals surface area contributed by atoms with E-state index in [1.165, 1.54) is 18.5 Å². The highest BCUT2D eigenvalue weighted by Crippen LogP contribution is 2.19. The first kappa shape index (κ1) is 14.4. The summed E-state index contributed by atoms with van der Waals surface area (Å²) in [5.74, 6) is 0.970. The second kappa shape index (κ2) is 5.69. The van der Waals surface area contributed by atoms with Crippen molar-refractivity contribution in [2.75, 3.05) is 18.5 Å². The number of benzene rings is 1. The molecule has 1 atom stereocenters. The number of hydrogen-bond donors (Lipinski definition) is 1. The Balaban J connectivity index is 1.85. The summed E-state index contributed by atoms with van der Waals surface area (Å²) in [5.41, 5.74) is 1.48. The number of aryl methyl sites for hydroxylation is 1. The number of anilines is 1. The number of halogens is 1. The van der Waals surface area contributed by atoms with Crippen molar-refractivity contribution in [3.63, 3.8) is 0 Å². The Morgan fingerprint density at radius 1 is 1.32 bits per heavy atom. The number of likely N-dealkylation sites (N-methyl/N-ethyl adjacent to an activating group) is 1.